The third-order valence-corrected chi connectivity index (χ3v) is 6.77. The molecule has 3 aromatic rings. The molecule has 0 bridgehead atoms. The molecule has 7 heteroatoms. The highest BCUT2D eigenvalue weighted by Gasteiger charge is 2.48. The molecule has 2 aliphatic rings. The molecule has 1 aliphatic heterocycles. The molecule has 0 spiro atoms. The van der Waals surface area contributed by atoms with E-state index in [0.717, 1.165) is 36.9 Å². The molecule has 1 atom stereocenters. The summed E-state index contributed by atoms with van der Waals surface area (Å²) in [5.41, 5.74) is 1.78. The molecule has 2 amide bonds. The Morgan fingerprint density at radius 3 is 2.77 bits per heavy atom. The molecule has 0 radical (unpaired) electrons. The Kier molecular flexibility index (Phi) is 5.04. The van der Waals surface area contributed by atoms with Gasteiger partial charge < -0.3 is 19.2 Å². The molecule has 0 aromatic carbocycles. The van der Waals surface area contributed by atoms with E-state index in [-0.39, 0.29) is 24.4 Å². The first-order chi connectivity index (χ1) is 15.1. The standard InChI is InChI=1S/C24H28N4O3/c1-24(23(30)26-17-8-4-2-3-5-9-17)16-27-19-11-13-31-21(19)14-20(27)22(29)28(24)15-18-10-6-7-12-25-18/h6-7,10-14,17H,2-5,8-9,15-16H2,1H3,(H,26,30)/t24-/m1/s1. The van der Waals surface area contributed by atoms with E-state index >= 15 is 0 Å². The van der Waals surface area contributed by atoms with Crippen LogP contribution in [0.25, 0.3) is 11.1 Å². The summed E-state index contributed by atoms with van der Waals surface area (Å²) in [5, 5.41) is 3.28. The number of pyridine rings is 1. The van der Waals surface area contributed by atoms with Crippen molar-refractivity contribution in [3.63, 3.8) is 0 Å². The maximum atomic E-state index is 13.7. The van der Waals surface area contributed by atoms with Crippen LogP contribution in [0.1, 0.15) is 61.6 Å². The van der Waals surface area contributed by atoms with Crippen LogP contribution in [0, 0.1) is 0 Å². The maximum Gasteiger partial charge on any atom is 0.271 e. The average Bonchev–Trinajstić information content (AvgIpc) is 3.26. The van der Waals surface area contributed by atoms with Gasteiger partial charge in [-0.05, 0) is 31.9 Å². The molecule has 3 aromatic heterocycles. The molecule has 0 saturated heterocycles. The average molecular weight is 421 g/mol. The van der Waals surface area contributed by atoms with Gasteiger partial charge in [-0.15, -0.1) is 0 Å². The largest absolute Gasteiger partial charge is 0.463 e. The molecule has 1 saturated carbocycles. The highest BCUT2D eigenvalue weighted by molar-refractivity contribution is 6.02. The fraction of sp³-hybridized carbons (Fsp3) is 0.458. The maximum absolute atomic E-state index is 13.7. The van der Waals surface area contributed by atoms with Crippen molar-refractivity contribution in [2.45, 2.75) is 70.1 Å². The third-order valence-electron chi connectivity index (χ3n) is 6.77. The van der Waals surface area contributed by atoms with Crippen molar-refractivity contribution in [1.29, 1.82) is 0 Å². The van der Waals surface area contributed by atoms with Crippen LogP contribution in [-0.2, 0) is 17.9 Å². The second kappa shape index (κ2) is 7.87. The highest BCUT2D eigenvalue weighted by Crippen LogP contribution is 2.34. The smallest absolute Gasteiger partial charge is 0.271 e. The summed E-state index contributed by atoms with van der Waals surface area (Å²) in [4.78, 5) is 33.4. The van der Waals surface area contributed by atoms with Gasteiger partial charge in [0.1, 0.15) is 11.2 Å². The minimum absolute atomic E-state index is 0.0975. The molecule has 4 heterocycles. The van der Waals surface area contributed by atoms with Crippen molar-refractivity contribution in [1.82, 2.24) is 19.8 Å². The summed E-state index contributed by atoms with van der Waals surface area (Å²) in [7, 11) is 0. The molecule has 0 unspecified atom stereocenters. The fourth-order valence-corrected chi connectivity index (χ4v) is 4.94. The van der Waals surface area contributed by atoms with Crippen LogP contribution in [0.4, 0.5) is 0 Å². The summed E-state index contributed by atoms with van der Waals surface area (Å²) in [6.45, 7) is 2.53. The van der Waals surface area contributed by atoms with E-state index in [4.69, 9.17) is 4.42 Å². The summed E-state index contributed by atoms with van der Waals surface area (Å²) < 4.78 is 7.45. The van der Waals surface area contributed by atoms with E-state index in [0.29, 0.717) is 17.8 Å². The van der Waals surface area contributed by atoms with Crippen LogP contribution in [0.5, 0.6) is 0 Å². The topological polar surface area (TPSA) is 80.4 Å². The Bertz CT molecular complexity index is 1090. The van der Waals surface area contributed by atoms with Crippen molar-refractivity contribution in [2.75, 3.05) is 0 Å². The molecule has 1 fully saturated rings. The normalized spacial score (nSPS) is 22.4. The second-order valence-electron chi connectivity index (χ2n) is 8.93. The number of rotatable bonds is 4. The Balaban J connectivity index is 1.51. The van der Waals surface area contributed by atoms with Crippen LogP contribution < -0.4 is 5.32 Å². The van der Waals surface area contributed by atoms with Crippen molar-refractivity contribution in [3.8, 4) is 0 Å². The summed E-state index contributed by atoms with van der Waals surface area (Å²) in [5.74, 6) is -0.276. The molecule has 1 N–H and O–H groups in total. The number of furan rings is 1. The number of hydrogen-bond acceptors (Lipinski definition) is 4. The van der Waals surface area contributed by atoms with Crippen molar-refractivity contribution < 1.29 is 14.0 Å². The van der Waals surface area contributed by atoms with Crippen LogP contribution in [0.3, 0.4) is 0 Å². The van der Waals surface area contributed by atoms with Gasteiger partial charge in [-0.2, -0.15) is 0 Å². The second-order valence-corrected chi connectivity index (χ2v) is 8.93. The zero-order valence-electron chi connectivity index (χ0n) is 17.8. The van der Waals surface area contributed by atoms with Gasteiger partial charge in [-0.3, -0.25) is 14.6 Å². The lowest BCUT2D eigenvalue weighted by molar-refractivity contribution is -0.134. The summed E-state index contributed by atoms with van der Waals surface area (Å²) in [6, 6.07) is 9.42. The SMILES string of the molecule is C[C@]1(C(=O)NC2CCCCCC2)Cn2c(cc3occc32)C(=O)N1Cc1ccccn1. The molecule has 31 heavy (non-hydrogen) atoms. The molecular formula is C24H28N4O3. The van der Waals surface area contributed by atoms with E-state index in [1.54, 1.807) is 23.4 Å². The zero-order chi connectivity index (χ0) is 21.4. The number of carbonyl (C=O) groups excluding carboxylic acids is 2. The van der Waals surface area contributed by atoms with Crippen molar-refractivity contribution in [3.05, 3.63) is 54.2 Å². The first-order valence-electron chi connectivity index (χ1n) is 11.2. The van der Waals surface area contributed by atoms with E-state index < -0.39 is 5.54 Å². The van der Waals surface area contributed by atoms with Crippen LogP contribution in [0.2, 0.25) is 0 Å². The first-order valence-corrected chi connectivity index (χ1v) is 11.2. The van der Waals surface area contributed by atoms with Crippen LogP contribution in [-0.4, -0.2) is 37.8 Å². The van der Waals surface area contributed by atoms with Gasteiger partial charge in [0.2, 0.25) is 5.91 Å². The summed E-state index contributed by atoms with van der Waals surface area (Å²) in [6.07, 6.45) is 10.0. The Hall–Kier alpha value is -3.09. The number of hydrogen-bond donors (Lipinski definition) is 1. The fourth-order valence-electron chi connectivity index (χ4n) is 4.94. The van der Waals surface area contributed by atoms with Gasteiger partial charge in [-0.1, -0.05) is 31.7 Å². The monoisotopic (exact) mass is 420 g/mol. The molecular weight excluding hydrogens is 392 g/mol. The molecule has 1 aliphatic carbocycles. The van der Waals surface area contributed by atoms with E-state index in [1.807, 2.05) is 35.8 Å². The van der Waals surface area contributed by atoms with E-state index in [1.165, 1.54) is 12.8 Å². The quantitative estimate of drug-likeness (QED) is 0.650. The third kappa shape index (κ3) is 3.52. The number of nitrogens with zero attached hydrogens (tertiary/aromatic N) is 3. The first kappa shape index (κ1) is 19.8. The van der Waals surface area contributed by atoms with E-state index in [2.05, 4.69) is 10.3 Å². The zero-order valence-corrected chi connectivity index (χ0v) is 17.8. The van der Waals surface area contributed by atoms with Crippen LogP contribution in [0.15, 0.2) is 47.2 Å². The number of amides is 2. The Morgan fingerprint density at radius 2 is 2.03 bits per heavy atom. The van der Waals surface area contributed by atoms with Gasteiger partial charge in [0, 0.05) is 24.4 Å². The predicted molar refractivity (Wildman–Crippen MR) is 116 cm³/mol. The Morgan fingerprint density at radius 1 is 1.23 bits per heavy atom. The van der Waals surface area contributed by atoms with Gasteiger partial charge in [-0.25, -0.2) is 0 Å². The molecule has 5 rings (SSSR count). The number of nitrogens with one attached hydrogen (secondary N) is 1. The Labute approximate surface area is 181 Å². The number of aromatic nitrogens is 2. The lowest BCUT2D eigenvalue weighted by Gasteiger charge is -2.44. The minimum Gasteiger partial charge on any atom is -0.463 e. The lowest BCUT2D eigenvalue weighted by Crippen LogP contribution is -2.64. The van der Waals surface area contributed by atoms with Gasteiger partial charge in [0.15, 0.2) is 5.58 Å². The number of fused-ring (bicyclic) bond motifs is 3. The van der Waals surface area contributed by atoms with Crippen molar-refractivity contribution >= 4 is 22.9 Å². The summed E-state index contributed by atoms with van der Waals surface area (Å²) >= 11 is 0. The van der Waals surface area contributed by atoms with Gasteiger partial charge >= 0.3 is 0 Å². The molecule has 7 nitrogen and oxygen atoms in total. The van der Waals surface area contributed by atoms with Crippen molar-refractivity contribution in [2.24, 2.45) is 0 Å². The van der Waals surface area contributed by atoms with Gasteiger partial charge in [0.25, 0.3) is 5.91 Å². The minimum atomic E-state index is -1.03. The lowest BCUT2D eigenvalue weighted by atomic mass is 9.93. The number of carbonyl (C=O) groups is 2. The van der Waals surface area contributed by atoms with Crippen LogP contribution >= 0.6 is 0 Å². The molecule has 162 valence electrons. The highest BCUT2D eigenvalue weighted by atomic mass is 16.3. The van der Waals surface area contributed by atoms with E-state index in [9.17, 15) is 9.59 Å². The van der Waals surface area contributed by atoms with Gasteiger partial charge in [0.05, 0.1) is 30.6 Å². The predicted octanol–water partition coefficient (Wildman–Crippen LogP) is 3.88.